The van der Waals surface area contributed by atoms with Crippen molar-refractivity contribution in [3.8, 4) is 0 Å². The molecule has 0 bridgehead atoms. The third-order valence-electron chi connectivity index (χ3n) is 1.47. The molecule has 0 fully saturated rings. The first kappa shape index (κ1) is 6.60. The third kappa shape index (κ3) is 0.885. The van der Waals surface area contributed by atoms with Crippen LogP contribution >= 0.6 is 11.3 Å². The average molecular weight is 164 g/mol. The van der Waals surface area contributed by atoms with Gasteiger partial charge in [0.1, 0.15) is 16.9 Å². The van der Waals surface area contributed by atoms with Gasteiger partial charge in [-0.05, 0) is 4.78 Å². The van der Waals surface area contributed by atoms with E-state index in [9.17, 15) is 4.79 Å². The lowest BCUT2D eigenvalue weighted by Gasteiger charge is -1.76. The molecule has 0 aromatic carbocycles. The maximum atomic E-state index is 10.4. The number of rotatable bonds is 1. The van der Waals surface area contributed by atoms with E-state index in [1.807, 2.05) is 18.4 Å². The second-order valence-corrected chi connectivity index (χ2v) is 3.54. The highest BCUT2D eigenvalue weighted by Gasteiger charge is 2.04. The van der Waals surface area contributed by atoms with E-state index in [1.165, 1.54) is 4.78 Å². The summed E-state index contributed by atoms with van der Waals surface area (Å²) < 4.78 is 3.05. The van der Waals surface area contributed by atoms with Gasteiger partial charge >= 0.3 is 0 Å². The zero-order valence-corrected chi connectivity index (χ0v) is 6.76. The van der Waals surface area contributed by atoms with Crippen molar-refractivity contribution in [3.05, 3.63) is 18.2 Å². The number of hydrogen-bond donors (Lipinski definition) is 0. The first-order valence-corrected chi connectivity index (χ1v) is 4.01. The molecule has 0 amide bonds. The Morgan fingerprint density at radius 3 is 3.27 bits per heavy atom. The van der Waals surface area contributed by atoms with Crippen LogP contribution in [0.15, 0.2) is 12.5 Å². The van der Waals surface area contributed by atoms with Gasteiger partial charge in [-0.25, -0.2) is 4.98 Å². The Kier molecular flexibility index (Phi) is 1.32. The lowest BCUT2D eigenvalue weighted by molar-refractivity contribution is 0.112. The number of carbonyl (C=O) groups is 1. The number of aldehydes is 1. The summed E-state index contributed by atoms with van der Waals surface area (Å²) in [4.78, 5) is 15.3. The smallest absolute Gasteiger partial charge is 0.171 e. The highest BCUT2D eigenvalue weighted by atomic mass is 32.1. The molecule has 0 saturated carbocycles. The summed E-state index contributed by atoms with van der Waals surface area (Å²) in [6, 6.07) is 0. The summed E-state index contributed by atoms with van der Waals surface area (Å²) in [5.41, 5.74) is 0.531. The van der Waals surface area contributed by atoms with E-state index in [-0.39, 0.29) is 0 Å². The molecular weight excluding hydrogens is 159 g/mol. The normalized spacial score (nSPS) is 10.5. The molecule has 0 aliphatic carbocycles. The second-order valence-electron chi connectivity index (χ2n) is 2.30. The van der Waals surface area contributed by atoms with Crippen LogP contribution in [0.2, 0.25) is 0 Å². The minimum absolute atomic E-state index is 0.531. The molecule has 2 aromatic rings. The molecule has 11 heavy (non-hydrogen) atoms. The van der Waals surface area contributed by atoms with E-state index in [0.717, 1.165) is 11.1 Å². The zero-order valence-electron chi connectivity index (χ0n) is 5.94. The number of aromatic nitrogens is 2. The molecule has 54 valence electrons. The number of thiazole rings is 1. The maximum absolute atomic E-state index is 10.4. The zero-order chi connectivity index (χ0) is 7.84. The SMILES string of the molecule is Bc1cn2cnc(C=O)c2s1. The van der Waals surface area contributed by atoms with E-state index in [2.05, 4.69) is 4.98 Å². The summed E-state index contributed by atoms with van der Waals surface area (Å²) >= 11 is 1.58. The average Bonchev–Trinajstić information content (AvgIpc) is 2.45. The van der Waals surface area contributed by atoms with Crippen molar-refractivity contribution in [2.24, 2.45) is 0 Å². The summed E-state index contributed by atoms with van der Waals surface area (Å²) in [5.74, 6) is 0. The first-order chi connectivity index (χ1) is 5.31. The summed E-state index contributed by atoms with van der Waals surface area (Å²) in [6.45, 7) is 0. The molecule has 2 heterocycles. The van der Waals surface area contributed by atoms with Crippen LogP contribution in [0.3, 0.4) is 0 Å². The Morgan fingerprint density at radius 1 is 1.73 bits per heavy atom. The largest absolute Gasteiger partial charge is 0.297 e. The first-order valence-electron chi connectivity index (χ1n) is 3.19. The molecule has 0 unspecified atom stereocenters. The third-order valence-corrected chi connectivity index (χ3v) is 2.51. The van der Waals surface area contributed by atoms with Gasteiger partial charge in [0.15, 0.2) is 14.1 Å². The minimum atomic E-state index is 0.531. The Labute approximate surface area is 68.1 Å². The van der Waals surface area contributed by atoms with Gasteiger partial charge in [-0.2, -0.15) is 0 Å². The number of carbonyl (C=O) groups excluding carboxylic acids is 1. The fourth-order valence-electron chi connectivity index (χ4n) is 1.02. The molecule has 3 nitrogen and oxygen atoms in total. The van der Waals surface area contributed by atoms with Crippen LogP contribution in [0, 0.1) is 0 Å². The van der Waals surface area contributed by atoms with Crippen molar-refractivity contribution >= 4 is 35.1 Å². The Hall–Kier alpha value is -1.10. The molecule has 0 spiro atoms. The molecule has 0 atom stereocenters. The van der Waals surface area contributed by atoms with Crippen LogP contribution in [-0.4, -0.2) is 23.5 Å². The van der Waals surface area contributed by atoms with Crippen LogP contribution < -0.4 is 4.78 Å². The lowest BCUT2D eigenvalue weighted by atomic mass is 10.1. The molecule has 0 aliphatic rings. The van der Waals surface area contributed by atoms with Crippen LogP contribution in [0.1, 0.15) is 10.5 Å². The number of fused-ring (bicyclic) bond motifs is 1. The molecular formula is C6H5BN2OS. The van der Waals surface area contributed by atoms with Crippen LogP contribution in [-0.2, 0) is 0 Å². The fourth-order valence-corrected chi connectivity index (χ4v) is 1.90. The summed E-state index contributed by atoms with van der Waals surface area (Å²) in [5, 5.41) is 0. The van der Waals surface area contributed by atoms with Crippen molar-refractivity contribution in [3.63, 3.8) is 0 Å². The predicted octanol–water partition coefficient (Wildman–Crippen LogP) is -0.533. The minimum Gasteiger partial charge on any atom is -0.297 e. The quantitative estimate of drug-likeness (QED) is 0.419. The van der Waals surface area contributed by atoms with Gasteiger partial charge in [-0.1, -0.05) is 0 Å². The molecule has 0 aliphatic heterocycles. The van der Waals surface area contributed by atoms with Crippen molar-refractivity contribution in [1.29, 1.82) is 0 Å². The van der Waals surface area contributed by atoms with Crippen molar-refractivity contribution in [1.82, 2.24) is 9.38 Å². The predicted molar refractivity (Wildman–Crippen MR) is 46.6 cm³/mol. The molecule has 5 heteroatoms. The summed E-state index contributed by atoms with van der Waals surface area (Å²) in [7, 11) is 2.01. The standard InChI is InChI=1S/C6H5BN2OS/c7-5-1-9-3-8-4(2-10)6(9)11-5/h1-3H,7H2. The van der Waals surface area contributed by atoms with Gasteiger partial charge in [0, 0.05) is 6.20 Å². The topological polar surface area (TPSA) is 34.4 Å². The van der Waals surface area contributed by atoms with Gasteiger partial charge in [0.05, 0.1) is 0 Å². The van der Waals surface area contributed by atoms with Crippen LogP contribution in [0.5, 0.6) is 0 Å². The fraction of sp³-hybridized carbons (Fsp3) is 0. The Balaban J connectivity index is 2.83. The van der Waals surface area contributed by atoms with Gasteiger partial charge in [0.25, 0.3) is 0 Å². The van der Waals surface area contributed by atoms with E-state index in [4.69, 9.17) is 0 Å². The van der Waals surface area contributed by atoms with E-state index in [1.54, 1.807) is 17.7 Å². The van der Waals surface area contributed by atoms with Crippen molar-refractivity contribution in [2.45, 2.75) is 0 Å². The molecule has 0 N–H and O–H groups in total. The van der Waals surface area contributed by atoms with Crippen molar-refractivity contribution < 1.29 is 4.79 Å². The van der Waals surface area contributed by atoms with Crippen LogP contribution in [0.4, 0.5) is 0 Å². The van der Waals surface area contributed by atoms with E-state index < -0.39 is 0 Å². The Bertz CT molecular complexity index is 406. The van der Waals surface area contributed by atoms with Gasteiger partial charge in [-0.15, -0.1) is 11.3 Å². The highest BCUT2D eigenvalue weighted by molar-refractivity contribution is 7.25. The monoisotopic (exact) mass is 164 g/mol. The highest BCUT2D eigenvalue weighted by Crippen LogP contribution is 2.11. The molecule has 2 aromatic heterocycles. The molecule has 0 radical (unpaired) electrons. The molecule has 0 saturated heterocycles. The van der Waals surface area contributed by atoms with Crippen LogP contribution in [0.25, 0.3) is 4.83 Å². The number of nitrogens with zero attached hydrogens (tertiary/aromatic N) is 2. The number of hydrogen-bond acceptors (Lipinski definition) is 3. The second kappa shape index (κ2) is 2.20. The van der Waals surface area contributed by atoms with Crippen molar-refractivity contribution in [2.75, 3.05) is 0 Å². The van der Waals surface area contributed by atoms with Gasteiger partial charge < -0.3 is 0 Å². The van der Waals surface area contributed by atoms with Gasteiger partial charge in [0.2, 0.25) is 0 Å². The maximum Gasteiger partial charge on any atom is 0.171 e. The summed E-state index contributed by atoms with van der Waals surface area (Å²) in [6.07, 6.45) is 4.40. The van der Waals surface area contributed by atoms with Gasteiger partial charge in [-0.3, -0.25) is 9.20 Å². The lowest BCUT2D eigenvalue weighted by Crippen LogP contribution is -1.91. The van der Waals surface area contributed by atoms with E-state index in [0.29, 0.717) is 5.69 Å². The van der Waals surface area contributed by atoms with E-state index >= 15 is 0 Å². The number of imidazole rings is 1. The molecule has 2 rings (SSSR count). The Morgan fingerprint density at radius 2 is 2.55 bits per heavy atom.